The molecule has 0 amide bonds. The molecule has 0 aliphatic heterocycles. The van der Waals surface area contributed by atoms with Gasteiger partial charge in [0.2, 0.25) is 0 Å². The van der Waals surface area contributed by atoms with Crippen molar-refractivity contribution in [1.82, 2.24) is 0 Å². The first kappa shape index (κ1) is 26.6. The Morgan fingerprint density at radius 1 is 0.757 bits per heavy atom. The second kappa shape index (κ2) is 13.2. The highest BCUT2D eigenvalue weighted by molar-refractivity contribution is 6.10. The first-order chi connectivity index (χ1) is 18.2. The van der Waals surface area contributed by atoms with Crippen LogP contribution in [-0.2, 0) is 27.1 Å². The Bertz CT molecular complexity index is 1350. The largest absolute Gasteiger partial charge is 0.467 e. The predicted molar refractivity (Wildman–Crippen MR) is 147 cm³/mol. The van der Waals surface area contributed by atoms with Crippen molar-refractivity contribution in [3.63, 3.8) is 0 Å². The van der Waals surface area contributed by atoms with Gasteiger partial charge in [0.15, 0.2) is 13.6 Å². The number of rotatable bonds is 14. The maximum Gasteiger partial charge on any atom is 0.188 e. The molecule has 0 aromatic heterocycles. The summed E-state index contributed by atoms with van der Waals surface area (Å²) in [5, 5.41) is 14.1. The summed E-state index contributed by atoms with van der Waals surface area (Å²) in [4.78, 5) is 0. The second-order valence-corrected chi connectivity index (χ2v) is 8.61. The summed E-state index contributed by atoms with van der Waals surface area (Å²) in [6.07, 6.45) is 2.83. The molecule has 1 N–H and O–H groups in total. The third-order valence-electron chi connectivity index (χ3n) is 6.18. The predicted octanol–water partition coefficient (Wildman–Crippen LogP) is 5.91. The Labute approximate surface area is 218 Å². The van der Waals surface area contributed by atoms with E-state index in [1.807, 2.05) is 24.3 Å². The molecule has 0 saturated heterocycles. The van der Waals surface area contributed by atoms with Crippen LogP contribution in [-0.4, -0.2) is 52.7 Å². The van der Waals surface area contributed by atoms with Crippen molar-refractivity contribution in [3.8, 4) is 22.6 Å². The molecule has 194 valence electrons. The van der Waals surface area contributed by atoms with Gasteiger partial charge in [0.1, 0.15) is 11.5 Å². The van der Waals surface area contributed by atoms with Gasteiger partial charge in [-0.3, -0.25) is 0 Å². The monoisotopic (exact) mass is 502 g/mol. The van der Waals surface area contributed by atoms with E-state index in [2.05, 4.69) is 43.0 Å². The van der Waals surface area contributed by atoms with Crippen LogP contribution >= 0.6 is 0 Å². The number of fused-ring (bicyclic) bond motifs is 2. The van der Waals surface area contributed by atoms with Crippen molar-refractivity contribution in [2.75, 3.05) is 47.6 Å². The van der Waals surface area contributed by atoms with E-state index in [1.54, 1.807) is 20.3 Å². The van der Waals surface area contributed by atoms with E-state index >= 15 is 0 Å². The minimum atomic E-state index is -0.00438. The van der Waals surface area contributed by atoms with Gasteiger partial charge in [-0.15, -0.1) is 6.58 Å². The number of aliphatic hydroxyl groups is 1. The molecule has 0 aliphatic carbocycles. The average molecular weight is 503 g/mol. The lowest BCUT2D eigenvalue weighted by Crippen LogP contribution is -2.09. The summed E-state index contributed by atoms with van der Waals surface area (Å²) < 4.78 is 28.9. The Hall–Kier alpha value is -3.42. The van der Waals surface area contributed by atoms with Crippen molar-refractivity contribution >= 4 is 21.5 Å². The molecule has 0 radical (unpaired) electrons. The molecule has 0 fully saturated rings. The number of hydrogen-bond acceptors (Lipinski definition) is 6. The smallest absolute Gasteiger partial charge is 0.188 e. The number of ether oxygens (including phenoxy) is 5. The number of aliphatic hydroxyl groups excluding tert-OH is 1. The maximum absolute atomic E-state index is 9.88. The van der Waals surface area contributed by atoms with Gasteiger partial charge in [0, 0.05) is 32.0 Å². The summed E-state index contributed by atoms with van der Waals surface area (Å²) in [5.74, 6) is 1.39. The summed E-state index contributed by atoms with van der Waals surface area (Å²) in [7, 11) is 3.21. The van der Waals surface area contributed by atoms with Crippen molar-refractivity contribution in [3.05, 3.63) is 84.4 Å². The van der Waals surface area contributed by atoms with E-state index < -0.39 is 0 Å². The fraction of sp³-hybridized carbons (Fsp3) is 0.290. The fourth-order valence-electron chi connectivity index (χ4n) is 4.68. The molecule has 0 spiro atoms. The Morgan fingerprint density at radius 3 is 1.76 bits per heavy atom. The first-order valence-corrected chi connectivity index (χ1v) is 12.4. The molecule has 0 atom stereocenters. The van der Waals surface area contributed by atoms with Crippen molar-refractivity contribution in [2.24, 2.45) is 0 Å². The molecule has 4 aromatic carbocycles. The summed E-state index contributed by atoms with van der Waals surface area (Å²) >= 11 is 0. The highest BCUT2D eigenvalue weighted by Crippen LogP contribution is 2.48. The lowest BCUT2D eigenvalue weighted by Gasteiger charge is -2.23. The number of benzene rings is 4. The second-order valence-electron chi connectivity index (χ2n) is 8.61. The topological polar surface area (TPSA) is 66.4 Å². The molecule has 4 rings (SSSR count). The number of hydrogen-bond donors (Lipinski definition) is 1. The van der Waals surface area contributed by atoms with Crippen LogP contribution in [0.3, 0.4) is 0 Å². The van der Waals surface area contributed by atoms with Crippen LogP contribution in [0.1, 0.15) is 11.1 Å². The van der Waals surface area contributed by atoms with Crippen LogP contribution < -0.4 is 9.47 Å². The van der Waals surface area contributed by atoms with Crippen molar-refractivity contribution < 1.29 is 28.8 Å². The van der Waals surface area contributed by atoms with E-state index in [0.29, 0.717) is 31.8 Å². The minimum absolute atomic E-state index is 0.00438. The average Bonchev–Trinajstić information content (AvgIpc) is 2.92. The normalized spacial score (nSPS) is 11.2. The lowest BCUT2D eigenvalue weighted by atomic mass is 9.88. The zero-order valence-electron chi connectivity index (χ0n) is 21.5. The molecule has 6 nitrogen and oxygen atoms in total. The van der Waals surface area contributed by atoms with Gasteiger partial charge in [0.25, 0.3) is 0 Å². The van der Waals surface area contributed by atoms with Gasteiger partial charge >= 0.3 is 0 Å². The molecular formula is C31H34O6. The summed E-state index contributed by atoms with van der Waals surface area (Å²) in [6.45, 7) is 4.90. The Kier molecular flexibility index (Phi) is 9.52. The van der Waals surface area contributed by atoms with Crippen LogP contribution in [0, 0.1) is 0 Å². The van der Waals surface area contributed by atoms with Gasteiger partial charge in [-0.1, -0.05) is 54.6 Å². The van der Waals surface area contributed by atoms with Gasteiger partial charge in [0.05, 0.1) is 13.2 Å². The van der Waals surface area contributed by atoms with Gasteiger partial charge < -0.3 is 28.8 Å². The van der Waals surface area contributed by atoms with Crippen LogP contribution in [0.2, 0.25) is 0 Å². The lowest BCUT2D eigenvalue weighted by molar-refractivity contribution is 0.0492. The maximum atomic E-state index is 9.88. The van der Waals surface area contributed by atoms with Crippen LogP contribution in [0.4, 0.5) is 0 Å². The highest BCUT2D eigenvalue weighted by Gasteiger charge is 2.24. The van der Waals surface area contributed by atoms with Gasteiger partial charge in [-0.2, -0.15) is 0 Å². The van der Waals surface area contributed by atoms with E-state index in [9.17, 15) is 5.11 Å². The van der Waals surface area contributed by atoms with Gasteiger partial charge in [-0.05, 0) is 57.6 Å². The Balaban J connectivity index is 2.09. The van der Waals surface area contributed by atoms with Crippen LogP contribution in [0.5, 0.6) is 11.5 Å². The first-order valence-electron chi connectivity index (χ1n) is 12.4. The zero-order chi connectivity index (χ0) is 26.0. The zero-order valence-corrected chi connectivity index (χ0v) is 21.5. The van der Waals surface area contributed by atoms with E-state index in [1.165, 1.54) is 0 Å². The van der Waals surface area contributed by atoms with Gasteiger partial charge in [-0.25, -0.2) is 0 Å². The summed E-state index contributed by atoms with van der Waals surface area (Å²) in [6, 6.07) is 20.7. The Morgan fingerprint density at radius 2 is 1.27 bits per heavy atom. The molecule has 37 heavy (non-hydrogen) atoms. The molecule has 0 bridgehead atoms. The third kappa shape index (κ3) is 5.95. The van der Waals surface area contributed by atoms with Crippen LogP contribution in [0.15, 0.2) is 73.3 Å². The fourth-order valence-corrected chi connectivity index (χ4v) is 4.68. The highest BCUT2D eigenvalue weighted by atomic mass is 16.7. The van der Waals surface area contributed by atoms with E-state index in [-0.39, 0.29) is 20.2 Å². The third-order valence-corrected chi connectivity index (χ3v) is 6.18. The minimum Gasteiger partial charge on any atom is -0.467 e. The molecule has 6 heteroatoms. The SMILES string of the molecule is C=CCOCCc1cc2ccccc2c(-c2c(OCOC)c(CCO)cc3ccccc23)c1OCOC. The van der Waals surface area contributed by atoms with E-state index in [4.69, 9.17) is 23.7 Å². The summed E-state index contributed by atoms with van der Waals surface area (Å²) in [5.41, 5.74) is 3.71. The molecular weight excluding hydrogens is 468 g/mol. The number of methoxy groups -OCH3 is 2. The van der Waals surface area contributed by atoms with Crippen molar-refractivity contribution in [1.29, 1.82) is 0 Å². The standard InChI is InChI=1S/C31H34O6/c1-4-16-35-17-14-25-19-23-10-6-8-12-27(23)29(31(25)37-21-34-3)28-26-11-7-5-9-22(26)18-24(13-15-32)30(28)36-20-33-2/h4-12,18-19,32H,1,13-17,20-21H2,2-3H3. The quantitative estimate of drug-likeness (QED) is 0.131. The van der Waals surface area contributed by atoms with E-state index in [0.717, 1.165) is 49.5 Å². The van der Waals surface area contributed by atoms with Crippen LogP contribution in [0.25, 0.3) is 32.7 Å². The molecule has 0 unspecified atom stereocenters. The molecule has 4 aromatic rings. The van der Waals surface area contributed by atoms with Crippen molar-refractivity contribution in [2.45, 2.75) is 12.8 Å². The molecule has 0 saturated carbocycles. The molecule has 0 aliphatic rings. The molecule has 0 heterocycles.